The summed E-state index contributed by atoms with van der Waals surface area (Å²) < 4.78 is 13.7. The van der Waals surface area contributed by atoms with Crippen molar-refractivity contribution in [3.63, 3.8) is 0 Å². The summed E-state index contributed by atoms with van der Waals surface area (Å²) >= 11 is 0. The van der Waals surface area contributed by atoms with Gasteiger partial charge < -0.3 is 14.8 Å². The molecule has 2 aliphatic rings. The molecule has 6 heteroatoms. The van der Waals surface area contributed by atoms with Gasteiger partial charge in [-0.3, -0.25) is 9.48 Å². The van der Waals surface area contributed by atoms with Gasteiger partial charge in [-0.15, -0.1) is 0 Å². The number of nitrogens with one attached hydrogen (secondary N) is 1. The van der Waals surface area contributed by atoms with E-state index in [-0.39, 0.29) is 17.8 Å². The molecule has 0 aromatic carbocycles. The summed E-state index contributed by atoms with van der Waals surface area (Å²) in [6.45, 7) is 3.98. The van der Waals surface area contributed by atoms with Crippen LogP contribution in [0.3, 0.4) is 0 Å². The SMILES string of the molecule is CC1CCC2(CC1)OCC(CNC(=O)CCn1cccn1)O2. The molecule has 1 N–H and O–H groups in total. The molecule has 1 saturated carbocycles. The lowest BCUT2D eigenvalue weighted by atomic mass is 9.86. The minimum Gasteiger partial charge on any atom is -0.353 e. The molecule has 1 aromatic rings. The number of hydrogen-bond acceptors (Lipinski definition) is 4. The topological polar surface area (TPSA) is 65.4 Å². The van der Waals surface area contributed by atoms with E-state index in [2.05, 4.69) is 17.3 Å². The lowest BCUT2D eigenvalue weighted by molar-refractivity contribution is -0.191. The zero-order chi connectivity index (χ0) is 15.4. The number of carbonyl (C=O) groups is 1. The van der Waals surface area contributed by atoms with Crippen molar-refractivity contribution in [1.29, 1.82) is 0 Å². The summed E-state index contributed by atoms with van der Waals surface area (Å²) in [5.41, 5.74) is 0. The third-order valence-corrected chi connectivity index (χ3v) is 4.60. The van der Waals surface area contributed by atoms with E-state index in [0.29, 0.717) is 26.1 Å². The number of aromatic nitrogens is 2. The van der Waals surface area contributed by atoms with Crippen LogP contribution < -0.4 is 5.32 Å². The zero-order valence-electron chi connectivity index (χ0n) is 13.2. The molecule has 1 amide bonds. The van der Waals surface area contributed by atoms with Crippen LogP contribution in [-0.4, -0.2) is 40.7 Å². The number of hydrogen-bond donors (Lipinski definition) is 1. The minimum atomic E-state index is -0.378. The Kier molecular flexibility index (Phi) is 4.78. The lowest BCUT2D eigenvalue weighted by Crippen LogP contribution is -2.38. The van der Waals surface area contributed by atoms with Crippen LogP contribution in [0.5, 0.6) is 0 Å². The standard InChI is InChI=1S/C16H25N3O3/c1-13-3-6-16(7-4-13)21-12-14(22-16)11-17-15(20)5-10-19-9-2-8-18-19/h2,8-9,13-14H,3-7,10-12H2,1H3,(H,17,20). The summed E-state index contributed by atoms with van der Waals surface area (Å²) in [5.74, 6) is 0.410. The van der Waals surface area contributed by atoms with Crippen LogP contribution in [0.1, 0.15) is 39.0 Å². The largest absolute Gasteiger partial charge is 0.353 e. The highest BCUT2D eigenvalue weighted by Crippen LogP contribution is 2.39. The molecule has 2 fully saturated rings. The van der Waals surface area contributed by atoms with E-state index in [4.69, 9.17) is 9.47 Å². The van der Waals surface area contributed by atoms with Crippen molar-refractivity contribution in [2.45, 2.75) is 57.5 Å². The number of carbonyl (C=O) groups excluding carboxylic acids is 1. The maximum atomic E-state index is 11.9. The smallest absolute Gasteiger partial charge is 0.221 e. The molecule has 1 aliphatic heterocycles. The van der Waals surface area contributed by atoms with Crippen molar-refractivity contribution in [1.82, 2.24) is 15.1 Å². The van der Waals surface area contributed by atoms with Crippen molar-refractivity contribution in [2.75, 3.05) is 13.2 Å². The Bertz CT molecular complexity index is 481. The van der Waals surface area contributed by atoms with Crippen LogP contribution in [0.2, 0.25) is 0 Å². The molecule has 1 spiro atoms. The van der Waals surface area contributed by atoms with E-state index >= 15 is 0 Å². The summed E-state index contributed by atoms with van der Waals surface area (Å²) in [6.07, 6.45) is 8.22. The first-order valence-electron chi connectivity index (χ1n) is 8.21. The highest BCUT2D eigenvalue weighted by molar-refractivity contribution is 5.75. The number of amides is 1. The normalized spacial score (nSPS) is 31.5. The molecule has 2 heterocycles. The van der Waals surface area contributed by atoms with Crippen molar-refractivity contribution in [3.05, 3.63) is 18.5 Å². The van der Waals surface area contributed by atoms with Gasteiger partial charge in [-0.05, 0) is 24.8 Å². The summed E-state index contributed by atoms with van der Waals surface area (Å²) in [5, 5.41) is 7.01. The van der Waals surface area contributed by atoms with Crippen molar-refractivity contribution < 1.29 is 14.3 Å². The van der Waals surface area contributed by atoms with E-state index < -0.39 is 0 Å². The van der Waals surface area contributed by atoms with Gasteiger partial charge in [-0.25, -0.2) is 0 Å². The summed E-state index contributed by atoms with van der Waals surface area (Å²) in [4.78, 5) is 11.9. The Morgan fingerprint density at radius 1 is 1.45 bits per heavy atom. The molecular weight excluding hydrogens is 282 g/mol. The van der Waals surface area contributed by atoms with Crippen LogP contribution in [-0.2, 0) is 20.8 Å². The van der Waals surface area contributed by atoms with Crippen molar-refractivity contribution in [3.8, 4) is 0 Å². The summed E-state index contributed by atoms with van der Waals surface area (Å²) in [7, 11) is 0. The molecule has 3 rings (SSSR count). The first-order valence-corrected chi connectivity index (χ1v) is 8.21. The molecule has 0 bridgehead atoms. The maximum Gasteiger partial charge on any atom is 0.221 e. The Morgan fingerprint density at radius 3 is 3.00 bits per heavy atom. The Balaban J connectivity index is 1.36. The van der Waals surface area contributed by atoms with E-state index in [1.54, 1.807) is 10.9 Å². The molecule has 0 radical (unpaired) electrons. The fourth-order valence-electron chi connectivity index (χ4n) is 3.15. The van der Waals surface area contributed by atoms with Crippen molar-refractivity contribution in [2.24, 2.45) is 5.92 Å². The Morgan fingerprint density at radius 2 is 2.27 bits per heavy atom. The average Bonchev–Trinajstić information content (AvgIpc) is 3.17. The molecular formula is C16H25N3O3. The summed E-state index contributed by atoms with van der Waals surface area (Å²) in [6, 6.07) is 1.85. The molecule has 1 aliphatic carbocycles. The van der Waals surface area contributed by atoms with Gasteiger partial charge in [0.2, 0.25) is 5.91 Å². The van der Waals surface area contributed by atoms with Gasteiger partial charge in [0.25, 0.3) is 0 Å². The predicted octanol–water partition coefficient (Wildman–Crippen LogP) is 1.71. The minimum absolute atomic E-state index is 0.0253. The number of rotatable bonds is 5. The molecule has 122 valence electrons. The van der Waals surface area contributed by atoms with Gasteiger partial charge in [0, 0.05) is 44.7 Å². The van der Waals surface area contributed by atoms with Gasteiger partial charge in [-0.1, -0.05) is 6.92 Å². The fraction of sp³-hybridized carbons (Fsp3) is 0.750. The predicted molar refractivity (Wildman–Crippen MR) is 81.0 cm³/mol. The van der Waals surface area contributed by atoms with Gasteiger partial charge in [0.15, 0.2) is 5.79 Å². The molecule has 1 aromatic heterocycles. The third-order valence-electron chi connectivity index (χ3n) is 4.60. The average molecular weight is 307 g/mol. The van der Waals surface area contributed by atoms with E-state index in [0.717, 1.165) is 31.6 Å². The van der Waals surface area contributed by atoms with E-state index in [1.807, 2.05) is 12.3 Å². The highest BCUT2D eigenvalue weighted by atomic mass is 16.7. The lowest BCUT2D eigenvalue weighted by Gasteiger charge is -2.34. The van der Waals surface area contributed by atoms with E-state index in [1.165, 1.54) is 0 Å². The number of aryl methyl sites for hydroxylation is 1. The third kappa shape index (κ3) is 3.87. The Hall–Kier alpha value is -1.40. The van der Waals surface area contributed by atoms with Crippen LogP contribution in [0.15, 0.2) is 18.5 Å². The zero-order valence-corrected chi connectivity index (χ0v) is 13.2. The second-order valence-corrected chi connectivity index (χ2v) is 6.47. The van der Waals surface area contributed by atoms with Gasteiger partial charge >= 0.3 is 0 Å². The van der Waals surface area contributed by atoms with Crippen molar-refractivity contribution >= 4 is 5.91 Å². The molecule has 1 atom stereocenters. The van der Waals surface area contributed by atoms with Gasteiger partial charge in [0.1, 0.15) is 6.10 Å². The monoisotopic (exact) mass is 307 g/mol. The number of ether oxygens (including phenoxy) is 2. The first kappa shape index (κ1) is 15.5. The second kappa shape index (κ2) is 6.79. The van der Waals surface area contributed by atoms with Crippen LogP contribution in [0.25, 0.3) is 0 Å². The maximum absolute atomic E-state index is 11.9. The van der Waals surface area contributed by atoms with Crippen LogP contribution >= 0.6 is 0 Å². The second-order valence-electron chi connectivity index (χ2n) is 6.47. The quantitative estimate of drug-likeness (QED) is 0.899. The van der Waals surface area contributed by atoms with E-state index in [9.17, 15) is 4.79 Å². The molecule has 1 unspecified atom stereocenters. The van der Waals surface area contributed by atoms with Gasteiger partial charge in [-0.2, -0.15) is 5.10 Å². The fourth-order valence-corrected chi connectivity index (χ4v) is 3.15. The highest BCUT2D eigenvalue weighted by Gasteiger charge is 2.43. The number of nitrogens with zero attached hydrogens (tertiary/aromatic N) is 2. The van der Waals surface area contributed by atoms with Gasteiger partial charge in [0.05, 0.1) is 6.61 Å². The Labute approximate surface area is 131 Å². The van der Waals surface area contributed by atoms with Crippen LogP contribution in [0.4, 0.5) is 0 Å². The first-order chi connectivity index (χ1) is 10.7. The molecule has 22 heavy (non-hydrogen) atoms. The molecule has 6 nitrogen and oxygen atoms in total. The van der Waals surface area contributed by atoms with Crippen LogP contribution in [0, 0.1) is 5.92 Å². The molecule has 1 saturated heterocycles.